The molecule has 3 rings (SSSR count). The largest absolute Gasteiger partial charge is 0.465 e. The smallest absolute Gasteiger partial charge is 0.349 e. The second-order valence-corrected chi connectivity index (χ2v) is 7.40. The lowest BCUT2D eigenvalue weighted by Crippen LogP contribution is -2.20. The summed E-state index contributed by atoms with van der Waals surface area (Å²) >= 11 is 12.8. The molecule has 144 valence electrons. The molecule has 2 aromatic carbocycles. The zero-order valence-corrected chi connectivity index (χ0v) is 17.3. The van der Waals surface area contributed by atoms with Crippen molar-refractivity contribution < 1.29 is 19.1 Å². The van der Waals surface area contributed by atoms with Crippen molar-refractivity contribution in [3.63, 3.8) is 0 Å². The van der Waals surface area contributed by atoms with Gasteiger partial charge in [0.05, 0.1) is 30.5 Å². The average Bonchev–Trinajstić information content (AvgIpc) is 3.03. The Kier molecular flexibility index (Phi) is 6.13. The number of para-hydroxylation sites is 1. The van der Waals surface area contributed by atoms with Crippen LogP contribution in [0.1, 0.15) is 20.0 Å². The van der Waals surface area contributed by atoms with Gasteiger partial charge in [0.1, 0.15) is 4.88 Å². The highest BCUT2D eigenvalue weighted by Crippen LogP contribution is 2.37. The predicted molar refractivity (Wildman–Crippen MR) is 116 cm³/mol. The van der Waals surface area contributed by atoms with Gasteiger partial charge in [-0.3, -0.25) is 0 Å². The van der Waals surface area contributed by atoms with Gasteiger partial charge in [-0.25, -0.2) is 9.59 Å². The number of esters is 2. The van der Waals surface area contributed by atoms with E-state index in [0.717, 1.165) is 10.1 Å². The lowest BCUT2D eigenvalue weighted by molar-refractivity contribution is 0.0595. The van der Waals surface area contributed by atoms with Gasteiger partial charge in [-0.2, -0.15) is 0 Å². The number of hydrogen-bond donors (Lipinski definition) is 2. The SMILES string of the molecule is COC(=O)c1ccccc1NC(=S)Nc1ccc2c(Cl)c(C(=O)OC)sc2c1. The number of ether oxygens (including phenoxy) is 2. The van der Waals surface area contributed by atoms with Crippen molar-refractivity contribution in [2.75, 3.05) is 24.9 Å². The Morgan fingerprint density at radius 2 is 1.75 bits per heavy atom. The number of thiocarbonyl (C=S) groups is 1. The van der Waals surface area contributed by atoms with Crippen molar-refractivity contribution in [2.45, 2.75) is 0 Å². The van der Waals surface area contributed by atoms with E-state index in [2.05, 4.69) is 10.6 Å². The number of methoxy groups -OCH3 is 2. The molecule has 0 fully saturated rings. The third-order valence-corrected chi connectivity index (χ3v) is 5.68. The standard InChI is InChI=1S/C19H15ClN2O4S2/c1-25-17(23)11-5-3-4-6-13(11)22-19(27)21-10-7-8-12-14(9-10)28-16(15(12)20)18(24)26-2/h3-9H,1-2H3,(H2,21,22,27). The summed E-state index contributed by atoms with van der Waals surface area (Å²) in [5.41, 5.74) is 1.60. The van der Waals surface area contributed by atoms with Crippen LogP contribution < -0.4 is 10.6 Å². The summed E-state index contributed by atoms with van der Waals surface area (Å²) in [5, 5.41) is 7.46. The third kappa shape index (κ3) is 4.09. The molecule has 0 bridgehead atoms. The monoisotopic (exact) mass is 434 g/mol. The van der Waals surface area contributed by atoms with Crippen LogP contribution in [0.5, 0.6) is 0 Å². The summed E-state index contributed by atoms with van der Waals surface area (Å²) in [4.78, 5) is 24.0. The van der Waals surface area contributed by atoms with Crippen LogP contribution in [-0.2, 0) is 9.47 Å². The minimum atomic E-state index is -0.475. The maximum atomic E-state index is 11.9. The number of halogens is 1. The molecule has 0 radical (unpaired) electrons. The molecule has 0 saturated heterocycles. The topological polar surface area (TPSA) is 76.7 Å². The van der Waals surface area contributed by atoms with Crippen LogP contribution in [-0.4, -0.2) is 31.3 Å². The van der Waals surface area contributed by atoms with Gasteiger partial charge in [0, 0.05) is 15.8 Å². The minimum absolute atomic E-state index is 0.298. The van der Waals surface area contributed by atoms with Gasteiger partial charge in [0.25, 0.3) is 0 Å². The molecule has 0 saturated carbocycles. The zero-order chi connectivity index (χ0) is 20.3. The Labute approximate surface area is 175 Å². The molecular formula is C19H15ClN2O4S2. The first-order chi connectivity index (χ1) is 13.4. The molecule has 1 heterocycles. The summed E-state index contributed by atoms with van der Waals surface area (Å²) in [5.74, 6) is -0.937. The van der Waals surface area contributed by atoms with Crippen LogP contribution in [0, 0.1) is 0 Å². The number of carbonyl (C=O) groups excluding carboxylic acids is 2. The molecule has 0 amide bonds. The van der Waals surface area contributed by atoms with Crippen LogP contribution >= 0.6 is 35.2 Å². The average molecular weight is 435 g/mol. The Morgan fingerprint density at radius 1 is 1.04 bits per heavy atom. The summed E-state index contributed by atoms with van der Waals surface area (Å²) < 4.78 is 10.3. The van der Waals surface area contributed by atoms with Gasteiger partial charge < -0.3 is 20.1 Å². The third-order valence-electron chi connectivity index (χ3n) is 3.84. The number of rotatable bonds is 4. The summed E-state index contributed by atoms with van der Waals surface area (Å²) in [6.07, 6.45) is 0. The van der Waals surface area contributed by atoms with Crippen molar-refractivity contribution in [1.29, 1.82) is 0 Å². The predicted octanol–water partition coefficient (Wildman–Crippen LogP) is 4.94. The Balaban J connectivity index is 1.80. The van der Waals surface area contributed by atoms with Crippen molar-refractivity contribution in [3.05, 3.63) is 57.9 Å². The van der Waals surface area contributed by atoms with Gasteiger partial charge in [-0.15, -0.1) is 11.3 Å². The lowest BCUT2D eigenvalue weighted by atomic mass is 10.2. The normalized spacial score (nSPS) is 10.4. The van der Waals surface area contributed by atoms with Crippen molar-refractivity contribution in [1.82, 2.24) is 0 Å². The quantitative estimate of drug-likeness (QED) is 0.445. The molecule has 1 aromatic heterocycles. The first kappa shape index (κ1) is 20.1. The maximum Gasteiger partial charge on any atom is 0.349 e. The molecule has 0 spiro atoms. The van der Waals surface area contributed by atoms with Crippen molar-refractivity contribution >= 4 is 73.7 Å². The number of nitrogens with one attached hydrogen (secondary N) is 2. The van der Waals surface area contributed by atoms with Crippen LogP contribution in [0.25, 0.3) is 10.1 Å². The van der Waals surface area contributed by atoms with E-state index in [4.69, 9.17) is 33.3 Å². The molecule has 0 atom stereocenters. The molecule has 2 N–H and O–H groups in total. The Hall–Kier alpha value is -2.68. The fourth-order valence-electron chi connectivity index (χ4n) is 2.53. The van der Waals surface area contributed by atoms with Gasteiger partial charge in [0.2, 0.25) is 0 Å². The van der Waals surface area contributed by atoms with E-state index in [9.17, 15) is 9.59 Å². The van der Waals surface area contributed by atoms with Gasteiger partial charge in [-0.1, -0.05) is 23.7 Å². The second-order valence-electron chi connectivity index (χ2n) is 5.56. The van der Waals surface area contributed by atoms with Crippen LogP contribution in [0.15, 0.2) is 42.5 Å². The highest BCUT2D eigenvalue weighted by atomic mass is 35.5. The number of benzene rings is 2. The molecule has 3 aromatic rings. The fraction of sp³-hybridized carbons (Fsp3) is 0.105. The van der Waals surface area contributed by atoms with E-state index in [1.54, 1.807) is 36.4 Å². The molecule has 0 unspecified atom stereocenters. The summed E-state index contributed by atoms with van der Waals surface area (Å²) in [7, 11) is 2.63. The number of thiophene rings is 1. The van der Waals surface area contributed by atoms with Gasteiger partial charge in [-0.05, 0) is 42.5 Å². The molecular weight excluding hydrogens is 420 g/mol. The van der Waals surface area contributed by atoms with E-state index in [0.29, 0.717) is 32.0 Å². The number of fused-ring (bicyclic) bond motifs is 1. The number of anilines is 2. The van der Waals surface area contributed by atoms with Crippen LogP contribution in [0.4, 0.5) is 11.4 Å². The van der Waals surface area contributed by atoms with Crippen molar-refractivity contribution in [3.8, 4) is 0 Å². The fourth-order valence-corrected chi connectivity index (χ4v) is 4.23. The Bertz CT molecular complexity index is 1080. The maximum absolute atomic E-state index is 11.9. The van der Waals surface area contributed by atoms with E-state index in [1.165, 1.54) is 25.6 Å². The zero-order valence-electron chi connectivity index (χ0n) is 14.9. The van der Waals surface area contributed by atoms with Crippen LogP contribution in [0.3, 0.4) is 0 Å². The van der Waals surface area contributed by atoms with Crippen molar-refractivity contribution in [2.24, 2.45) is 0 Å². The first-order valence-corrected chi connectivity index (χ1v) is 9.60. The first-order valence-electron chi connectivity index (χ1n) is 8.00. The van der Waals surface area contributed by atoms with E-state index < -0.39 is 11.9 Å². The number of carbonyl (C=O) groups is 2. The van der Waals surface area contributed by atoms with Crippen LogP contribution in [0.2, 0.25) is 5.02 Å². The molecule has 9 heteroatoms. The molecule has 28 heavy (non-hydrogen) atoms. The number of hydrogen-bond acceptors (Lipinski definition) is 6. The highest BCUT2D eigenvalue weighted by Gasteiger charge is 2.18. The molecule has 6 nitrogen and oxygen atoms in total. The summed E-state index contributed by atoms with van der Waals surface area (Å²) in [6, 6.07) is 12.3. The highest BCUT2D eigenvalue weighted by molar-refractivity contribution is 7.80. The van der Waals surface area contributed by atoms with Gasteiger partial charge >= 0.3 is 11.9 Å². The molecule has 0 aliphatic carbocycles. The minimum Gasteiger partial charge on any atom is -0.465 e. The summed E-state index contributed by atoms with van der Waals surface area (Å²) in [6.45, 7) is 0. The lowest BCUT2D eigenvalue weighted by Gasteiger charge is -2.13. The van der Waals surface area contributed by atoms with E-state index in [1.807, 2.05) is 6.07 Å². The second kappa shape index (κ2) is 8.55. The molecule has 0 aliphatic rings. The van der Waals surface area contributed by atoms with Gasteiger partial charge in [0.15, 0.2) is 5.11 Å². The van der Waals surface area contributed by atoms with E-state index in [-0.39, 0.29) is 0 Å². The Morgan fingerprint density at radius 3 is 2.46 bits per heavy atom. The molecule has 0 aliphatic heterocycles. The van der Waals surface area contributed by atoms with E-state index >= 15 is 0 Å².